The van der Waals surface area contributed by atoms with Gasteiger partial charge in [-0.15, -0.1) is 0 Å². The molecule has 106 valence electrons. The third-order valence-corrected chi connectivity index (χ3v) is 3.36. The lowest BCUT2D eigenvalue weighted by Gasteiger charge is -2.13. The molecular weight excluding hydrogens is 293 g/mol. The number of nitrogens with two attached hydrogens (primary N) is 1. The van der Waals surface area contributed by atoms with E-state index in [9.17, 15) is 0 Å². The van der Waals surface area contributed by atoms with Gasteiger partial charge in [0.2, 0.25) is 0 Å². The summed E-state index contributed by atoms with van der Waals surface area (Å²) in [7, 11) is 0. The second kappa shape index (κ2) is 6.98. The lowest BCUT2D eigenvalue weighted by atomic mass is 10.1. The summed E-state index contributed by atoms with van der Waals surface area (Å²) in [5, 5.41) is 1.41. The van der Waals surface area contributed by atoms with Crippen molar-refractivity contribution in [3.8, 4) is 5.75 Å². The summed E-state index contributed by atoms with van der Waals surface area (Å²) in [5.41, 5.74) is 7.95. The highest BCUT2D eigenvalue weighted by Gasteiger charge is 2.07. The van der Waals surface area contributed by atoms with E-state index in [4.69, 9.17) is 33.7 Å². The first kappa shape index (κ1) is 15.2. The molecule has 2 rings (SSSR count). The zero-order chi connectivity index (χ0) is 14.5. The molecule has 0 aliphatic carbocycles. The fraction of sp³-hybridized carbons (Fsp3) is 0.250. The first-order chi connectivity index (χ1) is 9.54. The predicted molar refractivity (Wildman–Crippen MR) is 84.6 cm³/mol. The van der Waals surface area contributed by atoms with Crippen molar-refractivity contribution in [3.05, 3.63) is 63.6 Å². The molecule has 0 radical (unpaired) electrons. The maximum Gasteiger partial charge on any atom is 0.123 e. The molecule has 0 spiro atoms. The van der Waals surface area contributed by atoms with Gasteiger partial charge in [0, 0.05) is 16.1 Å². The summed E-state index contributed by atoms with van der Waals surface area (Å²) < 4.78 is 5.86. The summed E-state index contributed by atoms with van der Waals surface area (Å²) in [5.74, 6) is 0.821. The minimum atomic E-state index is 0.0614. The largest absolute Gasteiger partial charge is 0.489 e. The summed E-state index contributed by atoms with van der Waals surface area (Å²) in [6.45, 7) is 2.45. The van der Waals surface area contributed by atoms with Crippen LogP contribution in [0.1, 0.15) is 18.1 Å². The minimum absolute atomic E-state index is 0.0614. The van der Waals surface area contributed by atoms with Gasteiger partial charge in [-0.25, -0.2) is 0 Å². The first-order valence-corrected chi connectivity index (χ1v) is 7.21. The molecule has 2 N–H and O–H groups in total. The van der Waals surface area contributed by atoms with Crippen molar-refractivity contribution in [2.45, 2.75) is 26.0 Å². The number of ether oxygens (including phenoxy) is 1. The van der Waals surface area contributed by atoms with E-state index in [1.54, 1.807) is 0 Å². The van der Waals surface area contributed by atoms with E-state index in [1.807, 2.05) is 49.4 Å². The van der Waals surface area contributed by atoms with E-state index in [-0.39, 0.29) is 6.04 Å². The average molecular weight is 310 g/mol. The van der Waals surface area contributed by atoms with Crippen LogP contribution in [-0.4, -0.2) is 6.04 Å². The molecule has 2 aromatic rings. The highest BCUT2D eigenvalue weighted by Crippen LogP contribution is 2.25. The Morgan fingerprint density at radius 2 is 1.70 bits per heavy atom. The Kier molecular flexibility index (Phi) is 5.30. The monoisotopic (exact) mass is 309 g/mol. The molecule has 4 heteroatoms. The number of hydrogen-bond donors (Lipinski definition) is 1. The van der Waals surface area contributed by atoms with E-state index < -0.39 is 0 Å². The Hall–Kier alpha value is -1.22. The predicted octanol–water partition coefficient (Wildman–Crippen LogP) is 4.46. The number of benzene rings is 2. The molecule has 0 aromatic heterocycles. The van der Waals surface area contributed by atoms with Crippen LogP contribution in [0.15, 0.2) is 42.5 Å². The van der Waals surface area contributed by atoms with Gasteiger partial charge in [-0.1, -0.05) is 35.3 Å². The van der Waals surface area contributed by atoms with E-state index >= 15 is 0 Å². The molecule has 0 bridgehead atoms. The van der Waals surface area contributed by atoms with Crippen molar-refractivity contribution in [1.29, 1.82) is 0 Å². The normalized spacial score (nSPS) is 12.2. The highest BCUT2D eigenvalue weighted by atomic mass is 35.5. The van der Waals surface area contributed by atoms with Gasteiger partial charge < -0.3 is 10.5 Å². The lowest BCUT2D eigenvalue weighted by molar-refractivity contribution is 0.302. The molecule has 0 aliphatic rings. The van der Waals surface area contributed by atoms with E-state index in [1.165, 1.54) is 0 Å². The van der Waals surface area contributed by atoms with Crippen molar-refractivity contribution in [2.24, 2.45) is 5.73 Å². The van der Waals surface area contributed by atoms with Crippen molar-refractivity contribution in [1.82, 2.24) is 0 Å². The first-order valence-electron chi connectivity index (χ1n) is 6.46. The fourth-order valence-corrected chi connectivity index (χ4v) is 2.26. The summed E-state index contributed by atoms with van der Waals surface area (Å²) in [4.78, 5) is 0. The number of hydrogen-bond acceptors (Lipinski definition) is 2. The Balaban J connectivity index is 2.10. The van der Waals surface area contributed by atoms with Crippen LogP contribution in [0, 0.1) is 0 Å². The van der Waals surface area contributed by atoms with Crippen molar-refractivity contribution in [2.75, 3.05) is 0 Å². The summed E-state index contributed by atoms with van der Waals surface area (Å²) in [6.07, 6.45) is 0.733. The Morgan fingerprint density at radius 3 is 2.35 bits per heavy atom. The standard InChI is InChI=1S/C16H17Cl2NO/c1-11(19)8-13-9-15(18)6-7-16(13)20-10-12-2-4-14(17)5-3-12/h2-7,9,11H,8,10,19H2,1H3. The van der Waals surface area contributed by atoms with Crippen LogP contribution >= 0.6 is 23.2 Å². The lowest BCUT2D eigenvalue weighted by Crippen LogP contribution is -2.18. The molecule has 0 amide bonds. The van der Waals surface area contributed by atoms with Gasteiger partial charge in [-0.2, -0.15) is 0 Å². The second-order valence-electron chi connectivity index (χ2n) is 4.85. The van der Waals surface area contributed by atoms with E-state index in [0.717, 1.165) is 28.3 Å². The molecule has 0 fully saturated rings. The zero-order valence-electron chi connectivity index (χ0n) is 11.3. The van der Waals surface area contributed by atoms with Crippen LogP contribution in [0.4, 0.5) is 0 Å². The molecule has 1 atom stereocenters. The molecular formula is C16H17Cl2NO. The number of halogens is 2. The zero-order valence-corrected chi connectivity index (χ0v) is 12.8. The van der Waals surface area contributed by atoms with Gasteiger partial charge in [0.25, 0.3) is 0 Å². The van der Waals surface area contributed by atoms with Crippen LogP contribution in [0.3, 0.4) is 0 Å². The maximum atomic E-state index is 6.02. The van der Waals surface area contributed by atoms with Crippen molar-refractivity contribution >= 4 is 23.2 Å². The minimum Gasteiger partial charge on any atom is -0.489 e. The second-order valence-corrected chi connectivity index (χ2v) is 5.72. The smallest absolute Gasteiger partial charge is 0.123 e. The third-order valence-electron chi connectivity index (χ3n) is 2.87. The molecule has 2 nitrogen and oxygen atoms in total. The van der Waals surface area contributed by atoms with Crippen molar-refractivity contribution < 1.29 is 4.74 Å². The molecule has 0 aliphatic heterocycles. The quantitative estimate of drug-likeness (QED) is 0.885. The van der Waals surface area contributed by atoms with Crippen LogP contribution in [0.2, 0.25) is 10.0 Å². The van der Waals surface area contributed by atoms with Gasteiger partial charge in [-0.3, -0.25) is 0 Å². The SMILES string of the molecule is CC(N)Cc1cc(Cl)ccc1OCc1ccc(Cl)cc1. The summed E-state index contributed by atoms with van der Waals surface area (Å²) in [6, 6.07) is 13.3. The Morgan fingerprint density at radius 1 is 1.05 bits per heavy atom. The average Bonchev–Trinajstić information content (AvgIpc) is 2.39. The van der Waals surface area contributed by atoms with Gasteiger partial charge in [0.1, 0.15) is 12.4 Å². The van der Waals surface area contributed by atoms with Gasteiger partial charge >= 0.3 is 0 Å². The Labute approximate surface area is 129 Å². The third kappa shape index (κ3) is 4.41. The van der Waals surface area contributed by atoms with Gasteiger partial charge in [-0.05, 0) is 54.8 Å². The molecule has 0 saturated carbocycles. The maximum absolute atomic E-state index is 6.02. The van der Waals surface area contributed by atoms with Crippen LogP contribution in [0.25, 0.3) is 0 Å². The number of rotatable bonds is 5. The topological polar surface area (TPSA) is 35.2 Å². The highest BCUT2D eigenvalue weighted by molar-refractivity contribution is 6.30. The molecule has 1 unspecified atom stereocenters. The Bertz CT molecular complexity index is 567. The van der Waals surface area contributed by atoms with Crippen LogP contribution in [-0.2, 0) is 13.0 Å². The summed E-state index contributed by atoms with van der Waals surface area (Å²) >= 11 is 11.9. The molecule has 0 heterocycles. The molecule has 0 saturated heterocycles. The van der Waals surface area contributed by atoms with Gasteiger partial charge in [0.05, 0.1) is 0 Å². The van der Waals surface area contributed by atoms with E-state index in [0.29, 0.717) is 11.6 Å². The molecule has 20 heavy (non-hydrogen) atoms. The van der Waals surface area contributed by atoms with Gasteiger partial charge in [0.15, 0.2) is 0 Å². The van der Waals surface area contributed by atoms with E-state index in [2.05, 4.69) is 0 Å². The van der Waals surface area contributed by atoms with Crippen molar-refractivity contribution in [3.63, 3.8) is 0 Å². The van der Waals surface area contributed by atoms with Crippen LogP contribution in [0.5, 0.6) is 5.75 Å². The van der Waals surface area contributed by atoms with Crippen LogP contribution < -0.4 is 10.5 Å². The molecule has 2 aromatic carbocycles. The fourth-order valence-electron chi connectivity index (χ4n) is 1.94.